The molecule has 4 aromatic rings. The van der Waals surface area contributed by atoms with E-state index in [-0.39, 0.29) is 29.2 Å². The van der Waals surface area contributed by atoms with E-state index in [4.69, 9.17) is 4.42 Å². The summed E-state index contributed by atoms with van der Waals surface area (Å²) >= 11 is 1.10. The van der Waals surface area contributed by atoms with Crippen LogP contribution >= 0.6 is 11.8 Å². The number of thioether (sulfide) groups is 1. The number of nitrogens with zero attached hydrogens (tertiary/aromatic N) is 3. The first-order valence-electron chi connectivity index (χ1n) is 9.84. The lowest BCUT2D eigenvalue weighted by atomic mass is 10.2. The van der Waals surface area contributed by atoms with Gasteiger partial charge in [-0.3, -0.25) is 4.79 Å². The number of nitrogens with one attached hydrogen (secondary N) is 2. The number of rotatable bonds is 9. The summed E-state index contributed by atoms with van der Waals surface area (Å²) in [6.07, 6.45) is -3.63. The first-order valence-corrected chi connectivity index (χ1v) is 10.8. The molecule has 0 unspecified atom stereocenters. The van der Waals surface area contributed by atoms with Crippen molar-refractivity contribution in [3.8, 4) is 5.75 Å². The Morgan fingerprint density at radius 2 is 1.88 bits per heavy atom. The van der Waals surface area contributed by atoms with Gasteiger partial charge in [-0.15, -0.1) is 23.4 Å². The highest BCUT2D eigenvalue weighted by Crippen LogP contribution is 2.23. The van der Waals surface area contributed by atoms with Crippen molar-refractivity contribution in [2.45, 2.75) is 31.0 Å². The molecule has 0 atom stereocenters. The third-order valence-electron chi connectivity index (χ3n) is 4.44. The summed E-state index contributed by atoms with van der Waals surface area (Å²) in [5, 5.41) is 10.9. The Morgan fingerprint density at radius 3 is 2.64 bits per heavy atom. The van der Waals surface area contributed by atoms with Crippen LogP contribution in [0.3, 0.4) is 0 Å². The van der Waals surface area contributed by atoms with E-state index in [1.807, 2.05) is 24.3 Å². The summed E-state index contributed by atoms with van der Waals surface area (Å²) in [7, 11) is 0. The lowest BCUT2D eigenvalue weighted by molar-refractivity contribution is -0.274. The van der Waals surface area contributed by atoms with Crippen LogP contribution in [0, 0.1) is 0 Å². The number of hydrogen-bond donors (Lipinski definition) is 2. The van der Waals surface area contributed by atoms with Crippen LogP contribution in [-0.4, -0.2) is 38.2 Å². The normalized spacial score (nSPS) is 11.6. The molecule has 0 aliphatic carbocycles. The summed E-state index contributed by atoms with van der Waals surface area (Å²) in [6.45, 7) is 0.165. The molecule has 0 radical (unpaired) electrons. The summed E-state index contributed by atoms with van der Waals surface area (Å²) in [6, 6.07) is 13.0. The molecule has 2 aromatic heterocycles. The maximum absolute atomic E-state index is 12.2. The van der Waals surface area contributed by atoms with E-state index in [1.54, 1.807) is 0 Å². The van der Waals surface area contributed by atoms with Crippen LogP contribution in [0.2, 0.25) is 0 Å². The number of carbonyl (C=O) groups excluding carboxylic acids is 1. The smallest absolute Gasteiger partial charge is 0.416 e. The van der Waals surface area contributed by atoms with Crippen molar-refractivity contribution < 1.29 is 27.1 Å². The molecule has 33 heavy (non-hydrogen) atoms. The summed E-state index contributed by atoms with van der Waals surface area (Å²) < 4.78 is 45.9. The Morgan fingerprint density at radius 1 is 1.09 bits per heavy atom. The van der Waals surface area contributed by atoms with Crippen LogP contribution in [0.5, 0.6) is 5.75 Å². The second kappa shape index (κ2) is 9.94. The molecule has 0 aliphatic rings. The van der Waals surface area contributed by atoms with Gasteiger partial charge in [0.05, 0.1) is 16.8 Å². The molecule has 2 aromatic carbocycles. The first-order chi connectivity index (χ1) is 15.8. The van der Waals surface area contributed by atoms with E-state index < -0.39 is 6.36 Å². The Balaban J connectivity index is 1.19. The van der Waals surface area contributed by atoms with Crippen LogP contribution < -0.4 is 10.1 Å². The van der Waals surface area contributed by atoms with E-state index in [0.717, 1.165) is 28.6 Å². The lowest BCUT2D eigenvalue weighted by Crippen LogP contribution is -2.24. The van der Waals surface area contributed by atoms with E-state index in [9.17, 15) is 18.0 Å². The Bertz CT molecular complexity index is 1190. The van der Waals surface area contributed by atoms with Crippen LogP contribution in [0.15, 0.2) is 58.2 Å². The van der Waals surface area contributed by atoms with Crippen LogP contribution in [0.1, 0.15) is 17.3 Å². The molecule has 172 valence electrons. The predicted octanol–water partition coefficient (Wildman–Crippen LogP) is 4.04. The zero-order valence-corrected chi connectivity index (χ0v) is 17.9. The van der Waals surface area contributed by atoms with Crippen LogP contribution in [0.25, 0.3) is 11.0 Å². The Labute approximate surface area is 189 Å². The number of amides is 1. The third-order valence-corrected chi connectivity index (χ3v) is 5.25. The number of aromatic amines is 1. The molecule has 0 fully saturated rings. The maximum atomic E-state index is 12.2. The van der Waals surface area contributed by atoms with Gasteiger partial charge in [0.15, 0.2) is 0 Å². The van der Waals surface area contributed by atoms with E-state index in [2.05, 4.69) is 30.2 Å². The number of hydrogen-bond acceptors (Lipinski definition) is 7. The van der Waals surface area contributed by atoms with Crippen molar-refractivity contribution in [3.63, 3.8) is 0 Å². The fraction of sp³-hybridized carbons (Fsp3) is 0.238. The summed E-state index contributed by atoms with van der Waals surface area (Å²) in [5.74, 6) is 0.722. The second-order valence-electron chi connectivity index (χ2n) is 6.92. The SMILES string of the molecule is O=C(CSc1nnc(CCc2nc3ccccc3[nH]2)o1)NCc1ccc(OC(F)(F)F)cc1. The molecule has 4 rings (SSSR count). The number of ether oxygens (including phenoxy) is 1. The fourth-order valence-corrected chi connectivity index (χ4v) is 3.55. The third kappa shape index (κ3) is 6.72. The van der Waals surface area contributed by atoms with Crippen molar-refractivity contribution in [3.05, 3.63) is 65.8 Å². The van der Waals surface area contributed by atoms with Crippen molar-refractivity contribution in [2.24, 2.45) is 0 Å². The molecule has 0 spiro atoms. The topological polar surface area (TPSA) is 106 Å². The molecule has 0 saturated carbocycles. The zero-order valence-electron chi connectivity index (χ0n) is 17.1. The molecule has 2 heterocycles. The lowest BCUT2D eigenvalue weighted by Gasteiger charge is -2.09. The molecule has 1 amide bonds. The number of halogens is 3. The molecule has 0 aliphatic heterocycles. The van der Waals surface area contributed by atoms with Gasteiger partial charge in [-0.1, -0.05) is 36.0 Å². The van der Waals surface area contributed by atoms with Crippen molar-refractivity contribution in [1.29, 1.82) is 0 Å². The van der Waals surface area contributed by atoms with Gasteiger partial charge in [-0.2, -0.15) is 0 Å². The number of fused-ring (bicyclic) bond motifs is 1. The number of aromatic nitrogens is 4. The van der Waals surface area contributed by atoms with Gasteiger partial charge in [0.1, 0.15) is 11.6 Å². The monoisotopic (exact) mass is 477 g/mol. The van der Waals surface area contributed by atoms with Gasteiger partial charge < -0.3 is 19.5 Å². The zero-order chi connectivity index (χ0) is 23.3. The maximum Gasteiger partial charge on any atom is 0.573 e. The number of aryl methyl sites for hydroxylation is 2. The van der Waals surface area contributed by atoms with E-state index in [1.165, 1.54) is 24.3 Å². The van der Waals surface area contributed by atoms with Gasteiger partial charge in [0.2, 0.25) is 11.8 Å². The summed E-state index contributed by atoms with van der Waals surface area (Å²) in [5.41, 5.74) is 2.49. The van der Waals surface area contributed by atoms with Gasteiger partial charge in [-0.25, -0.2) is 4.98 Å². The van der Waals surface area contributed by atoms with Crippen LogP contribution in [0.4, 0.5) is 13.2 Å². The number of alkyl halides is 3. The quantitative estimate of drug-likeness (QED) is 0.351. The van der Waals surface area contributed by atoms with Gasteiger partial charge in [0.25, 0.3) is 5.22 Å². The number of carbonyl (C=O) groups is 1. The van der Waals surface area contributed by atoms with Gasteiger partial charge >= 0.3 is 6.36 Å². The highest BCUT2D eigenvalue weighted by molar-refractivity contribution is 7.99. The largest absolute Gasteiger partial charge is 0.573 e. The predicted molar refractivity (Wildman–Crippen MR) is 113 cm³/mol. The summed E-state index contributed by atoms with van der Waals surface area (Å²) in [4.78, 5) is 19.8. The molecule has 2 N–H and O–H groups in total. The fourth-order valence-electron chi connectivity index (χ4n) is 2.93. The highest BCUT2D eigenvalue weighted by Gasteiger charge is 2.30. The minimum atomic E-state index is -4.74. The molecule has 12 heteroatoms. The molecular formula is C21H18F3N5O3S. The van der Waals surface area contributed by atoms with Crippen molar-refractivity contribution in [1.82, 2.24) is 25.5 Å². The Hall–Kier alpha value is -3.54. The number of para-hydroxylation sites is 2. The van der Waals surface area contributed by atoms with Crippen molar-refractivity contribution >= 4 is 28.7 Å². The Kier molecular flexibility index (Phi) is 6.82. The minimum Gasteiger partial charge on any atom is -0.416 e. The van der Waals surface area contributed by atoms with Gasteiger partial charge in [0, 0.05) is 19.4 Å². The molecular weight excluding hydrogens is 459 g/mol. The number of imidazole rings is 1. The van der Waals surface area contributed by atoms with E-state index >= 15 is 0 Å². The molecule has 8 nitrogen and oxygen atoms in total. The minimum absolute atomic E-state index is 0.0560. The highest BCUT2D eigenvalue weighted by atomic mass is 32.2. The average molecular weight is 477 g/mol. The first kappa shape index (κ1) is 22.6. The van der Waals surface area contributed by atoms with Crippen molar-refractivity contribution in [2.75, 3.05) is 5.75 Å². The van der Waals surface area contributed by atoms with Crippen LogP contribution in [-0.2, 0) is 24.2 Å². The number of H-pyrrole nitrogens is 1. The average Bonchev–Trinajstić information content (AvgIpc) is 3.41. The standard InChI is InChI=1S/C21H18F3N5O3S/c22-21(23,24)32-14-7-5-13(6-8-14)11-25-18(30)12-33-20-29-28-19(31-20)10-9-17-26-15-3-1-2-4-16(15)27-17/h1-8H,9-12H2,(H,25,30)(H,26,27). The second-order valence-corrected chi connectivity index (χ2v) is 7.85. The molecule has 0 bridgehead atoms. The van der Waals surface area contributed by atoms with Gasteiger partial charge in [-0.05, 0) is 29.8 Å². The van der Waals surface area contributed by atoms with E-state index in [0.29, 0.717) is 24.3 Å². The molecule has 0 saturated heterocycles. The number of benzene rings is 2.